The number of hydrogen-bond donors (Lipinski definition) is 1. The van der Waals surface area contributed by atoms with Crippen LogP contribution in [0.1, 0.15) is 5.56 Å². The van der Waals surface area contributed by atoms with Crippen LogP contribution in [0.15, 0.2) is 24.7 Å². The van der Waals surface area contributed by atoms with E-state index in [0.717, 1.165) is 12.3 Å². The van der Waals surface area contributed by atoms with Crippen molar-refractivity contribution in [3.63, 3.8) is 0 Å². The fraction of sp³-hybridized carbons (Fsp3) is 0.333. The highest BCUT2D eigenvalue weighted by atomic mass is 35.5. The molecule has 0 aliphatic heterocycles. The lowest BCUT2D eigenvalue weighted by atomic mass is 10.3. The number of hydrogen-bond acceptors (Lipinski definition) is 4. The van der Waals surface area contributed by atoms with Crippen molar-refractivity contribution in [3.8, 4) is 0 Å². The average Bonchev–Trinajstić information content (AvgIpc) is 2.85. The molecular formula is C12H12ClF3N4O. The molecule has 2 aromatic heterocycles. The predicted molar refractivity (Wildman–Crippen MR) is 71.6 cm³/mol. The largest absolute Gasteiger partial charge is 0.417 e. The lowest BCUT2D eigenvalue weighted by Crippen LogP contribution is -2.06. The zero-order chi connectivity index (χ0) is 15.5. The molecule has 0 spiro atoms. The first-order valence-corrected chi connectivity index (χ1v) is 6.29. The fourth-order valence-electron chi connectivity index (χ4n) is 1.56. The molecule has 0 amide bonds. The third-order valence-electron chi connectivity index (χ3n) is 2.59. The molecule has 2 rings (SSSR count). The van der Waals surface area contributed by atoms with Crippen LogP contribution < -0.4 is 5.32 Å². The highest BCUT2D eigenvalue weighted by molar-refractivity contribution is 6.33. The van der Waals surface area contributed by atoms with E-state index in [-0.39, 0.29) is 10.8 Å². The third kappa shape index (κ3) is 4.08. The SMILES string of the molecule is COCCn1cc(Nc2ncc(C(F)(F)F)cc2Cl)cn1. The molecule has 9 heteroatoms. The van der Waals surface area contributed by atoms with Crippen molar-refractivity contribution in [2.45, 2.75) is 12.7 Å². The van der Waals surface area contributed by atoms with Crippen molar-refractivity contribution in [2.75, 3.05) is 19.0 Å². The molecule has 2 heterocycles. The first kappa shape index (κ1) is 15.6. The van der Waals surface area contributed by atoms with Gasteiger partial charge in [0.15, 0.2) is 0 Å². The molecule has 0 saturated carbocycles. The molecule has 0 aromatic carbocycles. The van der Waals surface area contributed by atoms with Gasteiger partial charge in [-0.05, 0) is 6.07 Å². The molecule has 21 heavy (non-hydrogen) atoms. The van der Waals surface area contributed by atoms with E-state index in [4.69, 9.17) is 16.3 Å². The smallest absolute Gasteiger partial charge is 0.383 e. The zero-order valence-electron chi connectivity index (χ0n) is 11.0. The van der Waals surface area contributed by atoms with Crippen molar-refractivity contribution in [3.05, 3.63) is 35.2 Å². The minimum atomic E-state index is -4.47. The maximum absolute atomic E-state index is 12.5. The van der Waals surface area contributed by atoms with Crippen molar-refractivity contribution < 1.29 is 17.9 Å². The maximum Gasteiger partial charge on any atom is 0.417 e. The van der Waals surface area contributed by atoms with Crippen molar-refractivity contribution in [1.82, 2.24) is 14.8 Å². The number of nitrogens with zero attached hydrogens (tertiary/aromatic N) is 3. The van der Waals surface area contributed by atoms with Crippen LogP contribution >= 0.6 is 11.6 Å². The second-order valence-electron chi connectivity index (χ2n) is 4.16. The molecule has 1 N–H and O–H groups in total. The van der Waals surface area contributed by atoms with Gasteiger partial charge in [-0.1, -0.05) is 11.6 Å². The Morgan fingerprint density at radius 2 is 2.14 bits per heavy atom. The van der Waals surface area contributed by atoms with E-state index in [1.165, 1.54) is 6.20 Å². The zero-order valence-corrected chi connectivity index (χ0v) is 11.7. The number of alkyl halides is 3. The van der Waals surface area contributed by atoms with Gasteiger partial charge in [-0.3, -0.25) is 4.68 Å². The summed E-state index contributed by atoms with van der Waals surface area (Å²) >= 11 is 5.80. The highest BCUT2D eigenvalue weighted by Crippen LogP contribution is 2.33. The molecule has 0 unspecified atom stereocenters. The summed E-state index contributed by atoms with van der Waals surface area (Å²) < 4.78 is 44.1. The Balaban J connectivity index is 2.11. The van der Waals surface area contributed by atoms with E-state index < -0.39 is 11.7 Å². The number of rotatable bonds is 5. The van der Waals surface area contributed by atoms with Gasteiger partial charge in [0.2, 0.25) is 0 Å². The Kier molecular flexibility index (Phi) is 4.69. The van der Waals surface area contributed by atoms with Crippen LogP contribution in [0.5, 0.6) is 0 Å². The monoisotopic (exact) mass is 320 g/mol. The number of ether oxygens (including phenoxy) is 1. The second kappa shape index (κ2) is 6.31. The number of methoxy groups -OCH3 is 1. The van der Waals surface area contributed by atoms with Crippen LogP contribution in [0.4, 0.5) is 24.7 Å². The molecule has 0 atom stereocenters. The van der Waals surface area contributed by atoms with Gasteiger partial charge in [0.1, 0.15) is 5.82 Å². The standard InChI is InChI=1S/C12H12ClF3N4O/c1-21-3-2-20-7-9(6-18-20)19-11-10(13)4-8(5-17-11)12(14,15)16/h4-7H,2-3H2,1H3,(H,17,19). The average molecular weight is 321 g/mol. The molecule has 0 aliphatic carbocycles. The minimum Gasteiger partial charge on any atom is -0.383 e. The first-order valence-electron chi connectivity index (χ1n) is 5.91. The van der Waals surface area contributed by atoms with E-state index in [1.54, 1.807) is 18.0 Å². The molecule has 0 fully saturated rings. The quantitative estimate of drug-likeness (QED) is 0.918. The van der Waals surface area contributed by atoms with Crippen LogP contribution in [0.25, 0.3) is 0 Å². The lowest BCUT2D eigenvalue weighted by Gasteiger charge is -2.09. The van der Waals surface area contributed by atoms with Crippen LogP contribution in [0.2, 0.25) is 5.02 Å². The summed E-state index contributed by atoms with van der Waals surface area (Å²) in [6, 6.07) is 0.826. The van der Waals surface area contributed by atoms with Crippen molar-refractivity contribution in [1.29, 1.82) is 0 Å². The van der Waals surface area contributed by atoms with Gasteiger partial charge < -0.3 is 10.1 Å². The van der Waals surface area contributed by atoms with Crippen LogP contribution in [0.3, 0.4) is 0 Å². The van der Waals surface area contributed by atoms with Crippen LogP contribution in [-0.2, 0) is 17.5 Å². The highest BCUT2D eigenvalue weighted by Gasteiger charge is 2.31. The molecule has 5 nitrogen and oxygen atoms in total. The Morgan fingerprint density at radius 1 is 1.38 bits per heavy atom. The van der Waals surface area contributed by atoms with E-state index in [9.17, 15) is 13.2 Å². The number of halogens is 4. The van der Waals surface area contributed by atoms with Gasteiger partial charge in [0.05, 0.1) is 35.6 Å². The van der Waals surface area contributed by atoms with Gasteiger partial charge in [0.25, 0.3) is 0 Å². The van der Waals surface area contributed by atoms with Crippen molar-refractivity contribution >= 4 is 23.1 Å². The van der Waals surface area contributed by atoms with Gasteiger partial charge in [-0.25, -0.2) is 4.98 Å². The van der Waals surface area contributed by atoms with E-state index in [2.05, 4.69) is 15.4 Å². The van der Waals surface area contributed by atoms with Gasteiger partial charge >= 0.3 is 6.18 Å². The predicted octanol–water partition coefficient (Wildman–Crippen LogP) is 3.34. The number of anilines is 2. The third-order valence-corrected chi connectivity index (χ3v) is 2.88. The summed E-state index contributed by atoms with van der Waals surface area (Å²) in [6.07, 6.45) is -0.552. The summed E-state index contributed by atoms with van der Waals surface area (Å²) in [6.45, 7) is 1.06. The summed E-state index contributed by atoms with van der Waals surface area (Å²) in [7, 11) is 1.58. The Morgan fingerprint density at radius 3 is 2.76 bits per heavy atom. The lowest BCUT2D eigenvalue weighted by molar-refractivity contribution is -0.137. The molecule has 0 saturated heterocycles. The molecule has 2 aromatic rings. The first-order chi connectivity index (χ1) is 9.90. The van der Waals surface area contributed by atoms with Gasteiger partial charge in [-0.2, -0.15) is 18.3 Å². The second-order valence-corrected chi connectivity index (χ2v) is 4.57. The molecular weight excluding hydrogens is 309 g/mol. The summed E-state index contributed by atoms with van der Waals surface area (Å²) in [4.78, 5) is 3.69. The van der Waals surface area contributed by atoms with Gasteiger partial charge in [-0.15, -0.1) is 0 Å². The molecule has 0 bridgehead atoms. The number of pyridine rings is 1. The summed E-state index contributed by atoms with van der Waals surface area (Å²) in [5.74, 6) is 0.135. The minimum absolute atomic E-state index is 0.116. The molecule has 0 aliphatic rings. The van der Waals surface area contributed by atoms with Crippen LogP contribution in [0, 0.1) is 0 Å². The normalized spacial score (nSPS) is 11.7. The summed E-state index contributed by atoms with van der Waals surface area (Å²) in [5, 5.41) is 6.76. The van der Waals surface area contributed by atoms with Crippen LogP contribution in [-0.4, -0.2) is 28.5 Å². The van der Waals surface area contributed by atoms with E-state index in [0.29, 0.717) is 18.8 Å². The number of nitrogens with one attached hydrogen (secondary N) is 1. The maximum atomic E-state index is 12.5. The topological polar surface area (TPSA) is 52.0 Å². The summed E-state index contributed by atoms with van der Waals surface area (Å²) in [5.41, 5.74) is -0.325. The number of aromatic nitrogens is 3. The van der Waals surface area contributed by atoms with E-state index in [1.807, 2.05) is 0 Å². The van der Waals surface area contributed by atoms with Gasteiger partial charge in [0, 0.05) is 19.5 Å². The van der Waals surface area contributed by atoms with E-state index >= 15 is 0 Å². The Hall–Kier alpha value is -1.80. The molecule has 114 valence electrons. The fourth-order valence-corrected chi connectivity index (χ4v) is 1.77. The Bertz CT molecular complexity index is 615. The van der Waals surface area contributed by atoms with Crippen molar-refractivity contribution in [2.24, 2.45) is 0 Å². The molecule has 0 radical (unpaired) electrons. The Labute approximate surface area is 123 Å².